The molecule has 1 saturated heterocycles. The first-order chi connectivity index (χ1) is 15.3. The van der Waals surface area contributed by atoms with Crippen molar-refractivity contribution in [2.45, 2.75) is 35.5 Å². The molecule has 1 atom stereocenters. The molecular weight excluding hydrogens is 442 g/mol. The quantitative estimate of drug-likeness (QED) is 0.388. The van der Waals surface area contributed by atoms with Crippen LogP contribution in [0.1, 0.15) is 24.8 Å². The van der Waals surface area contributed by atoms with Gasteiger partial charge < -0.3 is 9.45 Å². The van der Waals surface area contributed by atoms with Crippen LogP contribution >= 0.6 is 0 Å². The van der Waals surface area contributed by atoms with Gasteiger partial charge >= 0.3 is 0 Å². The molecule has 8 heteroatoms. The zero-order chi connectivity index (χ0) is 23.1. The minimum atomic E-state index is -3.62. The third kappa shape index (κ3) is 6.48. The Balaban J connectivity index is 1.44. The maximum Gasteiger partial charge on any atom is 0.247 e. The van der Waals surface area contributed by atoms with E-state index in [0.717, 1.165) is 64.0 Å². The number of benzene rings is 2. The fourth-order valence-electron chi connectivity index (χ4n) is 4.05. The second kappa shape index (κ2) is 11.5. The molecule has 1 aliphatic heterocycles. The van der Waals surface area contributed by atoms with E-state index in [-0.39, 0.29) is 4.90 Å². The van der Waals surface area contributed by atoms with Crippen LogP contribution < -0.4 is 4.90 Å². The Labute approximate surface area is 196 Å². The van der Waals surface area contributed by atoms with Crippen molar-refractivity contribution in [1.29, 1.82) is 0 Å². The lowest BCUT2D eigenvalue weighted by Gasteiger charge is -2.36. The lowest BCUT2D eigenvalue weighted by molar-refractivity contribution is 0.252. The number of unbranched alkanes of at least 4 members (excludes halogenated alkanes) is 2. The molecular formula is C24H35N3O3S2. The van der Waals surface area contributed by atoms with Crippen LogP contribution in [0.2, 0.25) is 0 Å². The van der Waals surface area contributed by atoms with Crippen molar-refractivity contribution in [3.05, 3.63) is 54.1 Å². The molecule has 0 radical (unpaired) electrons. The number of rotatable bonds is 10. The summed E-state index contributed by atoms with van der Waals surface area (Å²) in [5.74, 6) is 0. The van der Waals surface area contributed by atoms with Crippen LogP contribution in [0, 0.1) is 0 Å². The van der Waals surface area contributed by atoms with Crippen molar-refractivity contribution in [2.24, 2.45) is 0 Å². The fraction of sp³-hybridized carbons (Fsp3) is 0.500. The first-order valence-electron chi connectivity index (χ1n) is 11.2. The summed E-state index contributed by atoms with van der Waals surface area (Å²) in [6.45, 7) is 5.43. The molecule has 0 saturated carbocycles. The van der Waals surface area contributed by atoms with Gasteiger partial charge in [-0.25, -0.2) is 12.7 Å². The van der Waals surface area contributed by atoms with Crippen LogP contribution in [0.3, 0.4) is 0 Å². The normalized spacial score (nSPS) is 16.5. The summed E-state index contributed by atoms with van der Waals surface area (Å²) < 4.78 is 38.5. The van der Waals surface area contributed by atoms with Gasteiger partial charge in [0, 0.05) is 46.0 Å². The van der Waals surface area contributed by atoms with Crippen molar-refractivity contribution in [2.75, 3.05) is 58.0 Å². The highest BCUT2D eigenvalue weighted by Gasteiger charge is 2.26. The lowest BCUT2D eigenvalue weighted by Crippen LogP contribution is -2.46. The van der Waals surface area contributed by atoms with E-state index >= 15 is 0 Å². The summed E-state index contributed by atoms with van der Waals surface area (Å²) in [4.78, 5) is 5.52. The van der Waals surface area contributed by atoms with Gasteiger partial charge in [0.2, 0.25) is 10.0 Å². The lowest BCUT2D eigenvalue weighted by atomic mass is 10.1. The van der Waals surface area contributed by atoms with E-state index < -0.39 is 21.2 Å². The van der Waals surface area contributed by atoms with Crippen LogP contribution in [-0.2, 0) is 27.6 Å². The summed E-state index contributed by atoms with van der Waals surface area (Å²) in [6, 6.07) is 15.9. The van der Waals surface area contributed by atoms with E-state index in [1.165, 1.54) is 30.3 Å². The molecule has 1 fully saturated rings. The number of aryl methyl sites for hydroxylation is 1. The van der Waals surface area contributed by atoms with E-state index in [9.17, 15) is 13.0 Å². The molecule has 0 aliphatic carbocycles. The number of hydrogen-bond donors (Lipinski definition) is 0. The Morgan fingerprint density at radius 1 is 0.969 bits per heavy atom. The third-order valence-corrected chi connectivity index (χ3v) is 8.97. The zero-order valence-corrected chi connectivity index (χ0v) is 21.0. The molecule has 0 bridgehead atoms. The molecule has 6 nitrogen and oxygen atoms in total. The molecule has 0 N–H and O–H groups in total. The van der Waals surface area contributed by atoms with Gasteiger partial charge in [0.05, 0.1) is 0 Å². The molecule has 0 aromatic heterocycles. The number of para-hydroxylation sites is 1. The molecule has 0 spiro atoms. The summed E-state index contributed by atoms with van der Waals surface area (Å²) in [5.41, 5.74) is 2.29. The SMILES string of the molecule is CN(C)S(=O)(=O)c1cc(CCCCCN2CCN(c3ccccc3)CC2)ccc1[S+](C)[O-]. The Morgan fingerprint density at radius 3 is 2.28 bits per heavy atom. The van der Waals surface area contributed by atoms with E-state index in [1.807, 2.05) is 6.07 Å². The molecule has 1 aliphatic rings. The fourth-order valence-corrected chi connectivity index (χ4v) is 6.34. The van der Waals surface area contributed by atoms with E-state index in [1.54, 1.807) is 12.1 Å². The maximum atomic E-state index is 12.7. The molecule has 0 amide bonds. The van der Waals surface area contributed by atoms with Crippen molar-refractivity contribution >= 4 is 26.9 Å². The average Bonchev–Trinajstić information content (AvgIpc) is 2.79. The zero-order valence-electron chi connectivity index (χ0n) is 19.4. The highest BCUT2D eigenvalue weighted by Crippen LogP contribution is 2.25. The Hall–Kier alpha value is -1.58. The number of piperazine rings is 1. The van der Waals surface area contributed by atoms with Crippen LogP contribution in [0.25, 0.3) is 0 Å². The molecule has 3 rings (SSSR count). The predicted octanol–water partition coefficient (Wildman–Crippen LogP) is 3.21. The van der Waals surface area contributed by atoms with E-state index in [2.05, 4.69) is 40.1 Å². The Morgan fingerprint density at radius 2 is 1.66 bits per heavy atom. The average molecular weight is 478 g/mol. The summed E-state index contributed by atoms with van der Waals surface area (Å²) in [6.07, 6.45) is 5.61. The molecule has 1 heterocycles. The highest BCUT2D eigenvalue weighted by molar-refractivity contribution is 7.93. The van der Waals surface area contributed by atoms with E-state index in [0.29, 0.717) is 4.90 Å². The van der Waals surface area contributed by atoms with Gasteiger partial charge in [-0.3, -0.25) is 4.90 Å². The van der Waals surface area contributed by atoms with Crippen molar-refractivity contribution in [1.82, 2.24) is 9.21 Å². The van der Waals surface area contributed by atoms with Gasteiger partial charge in [-0.1, -0.05) is 30.7 Å². The van der Waals surface area contributed by atoms with Crippen molar-refractivity contribution in [3.63, 3.8) is 0 Å². The standard InChI is InChI=1S/C24H35N3O3S2/c1-25(2)32(29,30)24-20-21(13-14-23(24)31(3)28)10-6-5-9-15-26-16-18-27(19-17-26)22-11-7-4-8-12-22/h4,7-8,11-14,20H,5-6,9-10,15-19H2,1-3H3. The number of hydrogen-bond acceptors (Lipinski definition) is 5. The first kappa shape index (κ1) is 25.1. The minimum Gasteiger partial charge on any atom is -0.612 e. The van der Waals surface area contributed by atoms with Crippen molar-refractivity contribution < 1.29 is 13.0 Å². The summed E-state index contributed by atoms with van der Waals surface area (Å²) in [7, 11) is -0.612. The van der Waals surface area contributed by atoms with Gasteiger partial charge in [-0.2, -0.15) is 0 Å². The summed E-state index contributed by atoms with van der Waals surface area (Å²) >= 11 is -1.35. The Kier molecular flexibility index (Phi) is 9.02. The van der Waals surface area contributed by atoms with Crippen LogP contribution in [-0.4, -0.2) is 75.3 Å². The van der Waals surface area contributed by atoms with Gasteiger partial charge in [0.15, 0.2) is 4.90 Å². The van der Waals surface area contributed by atoms with Crippen LogP contribution in [0.5, 0.6) is 0 Å². The number of nitrogens with zero attached hydrogens (tertiary/aromatic N) is 3. The van der Waals surface area contributed by atoms with E-state index in [4.69, 9.17) is 0 Å². The highest BCUT2D eigenvalue weighted by atomic mass is 32.2. The molecule has 1 unspecified atom stereocenters. The second-order valence-electron chi connectivity index (χ2n) is 8.50. The number of anilines is 1. The predicted molar refractivity (Wildman–Crippen MR) is 132 cm³/mol. The second-order valence-corrected chi connectivity index (χ2v) is 12.0. The smallest absolute Gasteiger partial charge is 0.247 e. The van der Waals surface area contributed by atoms with Gasteiger partial charge in [-0.05, 0) is 66.8 Å². The molecule has 2 aromatic rings. The van der Waals surface area contributed by atoms with Gasteiger partial charge in [-0.15, -0.1) is 0 Å². The first-order valence-corrected chi connectivity index (χ1v) is 14.2. The van der Waals surface area contributed by atoms with Crippen molar-refractivity contribution in [3.8, 4) is 0 Å². The molecule has 32 heavy (non-hydrogen) atoms. The topological polar surface area (TPSA) is 66.9 Å². The maximum absolute atomic E-state index is 12.7. The molecule has 176 valence electrons. The largest absolute Gasteiger partial charge is 0.612 e. The number of sulfonamides is 1. The minimum absolute atomic E-state index is 0.164. The van der Waals surface area contributed by atoms with Crippen LogP contribution in [0.4, 0.5) is 5.69 Å². The Bertz CT molecular complexity index is 958. The van der Waals surface area contributed by atoms with Crippen LogP contribution in [0.15, 0.2) is 58.3 Å². The monoisotopic (exact) mass is 477 g/mol. The third-order valence-electron chi connectivity index (χ3n) is 6.01. The summed E-state index contributed by atoms with van der Waals surface area (Å²) in [5, 5.41) is 0. The molecule has 2 aromatic carbocycles. The van der Waals surface area contributed by atoms with Gasteiger partial charge in [0.1, 0.15) is 11.2 Å². The van der Waals surface area contributed by atoms with Gasteiger partial charge in [0.25, 0.3) is 0 Å².